The molecule has 0 bridgehead atoms. The summed E-state index contributed by atoms with van der Waals surface area (Å²) in [4.78, 5) is 32.5. The molecule has 1 aliphatic heterocycles. The zero-order valence-corrected chi connectivity index (χ0v) is 18.3. The molecule has 1 aliphatic rings. The third-order valence-corrected chi connectivity index (χ3v) is 5.55. The molecule has 11 heteroatoms. The number of nitrogens with zero attached hydrogens (tertiary/aromatic N) is 3. The van der Waals surface area contributed by atoms with Crippen molar-refractivity contribution < 1.29 is 22.6 Å². The molecule has 8 nitrogen and oxygen atoms in total. The van der Waals surface area contributed by atoms with Crippen LogP contribution in [0.3, 0.4) is 0 Å². The van der Waals surface area contributed by atoms with Gasteiger partial charge in [-0.1, -0.05) is 6.07 Å². The summed E-state index contributed by atoms with van der Waals surface area (Å²) in [5, 5.41) is 0. The van der Waals surface area contributed by atoms with Crippen LogP contribution in [0.4, 0.5) is 13.2 Å². The molecule has 3 heterocycles. The highest BCUT2D eigenvalue weighted by molar-refractivity contribution is 5.37. The van der Waals surface area contributed by atoms with Crippen LogP contribution >= 0.6 is 0 Å². The van der Waals surface area contributed by atoms with Gasteiger partial charge in [0.25, 0.3) is 5.56 Å². The van der Waals surface area contributed by atoms with Crippen molar-refractivity contribution in [3.8, 4) is 17.2 Å². The predicted molar refractivity (Wildman–Crippen MR) is 117 cm³/mol. The number of piperidine rings is 1. The fourth-order valence-corrected chi connectivity index (χ4v) is 3.95. The Hall–Kier alpha value is -3.60. The largest absolute Gasteiger partial charge is 0.573 e. The molecule has 1 fully saturated rings. The minimum atomic E-state index is -4.78. The van der Waals surface area contributed by atoms with E-state index in [2.05, 4.69) is 19.6 Å². The number of halogens is 3. The third-order valence-electron chi connectivity index (χ3n) is 5.55. The number of pyridine rings is 1. The molecule has 0 spiro atoms. The van der Waals surface area contributed by atoms with Crippen molar-refractivity contribution in [3.05, 3.63) is 80.9 Å². The summed E-state index contributed by atoms with van der Waals surface area (Å²) in [7, 11) is 0. The van der Waals surface area contributed by atoms with Crippen LogP contribution in [0.1, 0.15) is 30.0 Å². The van der Waals surface area contributed by atoms with Crippen LogP contribution in [-0.2, 0) is 6.54 Å². The van der Waals surface area contributed by atoms with Gasteiger partial charge in [0, 0.05) is 49.7 Å². The van der Waals surface area contributed by atoms with Crippen LogP contribution in [0.25, 0.3) is 0 Å². The molecular formula is C23H23F3N4O4. The molecule has 34 heavy (non-hydrogen) atoms. The molecule has 0 aliphatic carbocycles. The van der Waals surface area contributed by atoms with Gasteiger partial charge in [-0.15, -0.1) is 13.2 Å². The Bertz CT molecular complexity index is 1260. The summed E-state index contributed by atoms with van der Waals surface area (Å²) >= 11 is 0. The first-order chi connectivity index (χ1) is 16.2. The number of aryl methyl sites for hydroxylation is 1. The molecule has 3 aromatic rings. The van der Waals surface area contributed by atoms with Gasteiger partial charge in [-0.25, -0.2) is 4.79 Å². The molecule has 0 amide bonds. The third kappa shape index (κ3) is 6.04. The number of ether oxygens (including phenoxy) is 2. The summed E-state index contributed by atoms with van der Waals surface area (Å²) in [5.74, 6) is 0.226. The van der Waals surface area contributed by atoms with E-state index in [9.17, 15) is 22.8 Å². The van der Waals surface area contributed by atoms with Gasteiger partial charge in [0.2, 0.25) is 0 Å². The summed E-state index contributed by atoms with van der Waals surface area (Å²) in [6, 6.07) is 7.09. The fourth-order valence-electron chi connectivity index (χ4n) is 3.95. The van der Waals surface area contributed by atoms with Gasteiger partial charge >= 0.3 is 12.1 Å². The number of aromatic amines is 1. The lowest BCUT2D eigenvalue weighted by atomic mass is 10.0. The smallest absolute Gasteiger partial charge is 0.456 e. The molecule has 0 unspecified atom stereocenters. The van der Waals surface area contributed by atoms with Crippen LogP contribution in [0.5, 0.6) is 17.2 Å². The summed E-state index contributed by atoms with van der Waals surface area (Å²) in [6.45, 7) is 3.77. The quantitative estimate of drug-likeness (QED) is 0.583. The maximum Gasteiger partial charge on any atom is 0.573 e. The van der Waals surface area contributed by atoms with E-state index in [0.29, 0.717) is 17.9 Å². The normalized spacial score (nSPS) is 15.3. The molecule has 0 atom stereocenters. The van der Waals surface area contributed by atoms with E-state index in [1.807, 2.05) is 0 Å². The molecule has 2 aromatic heterocycles. The second kappa shape index (κ2) is 9.72. The van der Waals surface area contributed by atoms with Gasteiger partial charge in [-0.2, -0.15) is 0 Å². The van der Waals surface area contributed by atoms with Gasteiger partial charge in [0.1, 0.15) is 17.2 Å². The number of hydrogen-bond donors (Lipinski definition) is 1. The zero-order chi connectivity index (χ0) is 24.3. The summed E-state index contributed by atoms with van der Waals surface area (Å²) in [5.41, 5.74) is 0.622. The van der Waals surface area contributed by atoms with Crippen LogP contribution in [0.2, 0.25) is 0 Å². The second-order valence-corrected chi connectivity index (χ2v) is 8.14. The number of likely N-dealkylation sites (tertiary alicyclic amines) is 1. The number of alkyl halides is 3. The van der Waals surface area contributed by atoms with Crippen molar-refractivity contribution in [1.29, 1.82) is 0 Å². The Morgan fingerprint density at radius 2 is 1.82 bits per heavy atom. The molecule has 4 rings (SSSR count). The Morgan fingerprint density at radius 3 is 2.56 bits per heavy atom. The van der Waals surface area contributed by atoms with E-state index in [1.165, 1.54) is 24.4 Å². The lowest BCUT2D eigenvalue weighted by Gasteiger charge is -2.32. The minimum absolute atomic E-state index is 0.0123. The molecule has 0 radical (unpaired) electrons. The Morgan fingerprint density at radius 1 is 1.09 bits per heavy atom. The standard InChI is InChI=1S/C23H23F3N4O4/c1-15-13-30(22(32)28-21(15)31)17-5-7-29(8-6-17)14-16-9-20(12-27-11-16)33-18-3-2-4-19(10-18)34-23(24,25)26/h2-4,9-13,17H,5-8,14H2,1H3,(H,28,31,32). The van der Waals surface area contributed by atoms with E-state index in [0.717, 1.165) is 37.6 Å². The number of hydrogen-bond acceptors (Lipinski definition) is 6. The maximum atomic E-state index is 12.4. The number of nitrogens with one attached hydrogen (secondary N) is 1. The number of rotatable bonds is 6. The van der Waals surface area contributed by atoms with Crippen molar-refractivity contribution in [2.75, 3.05) is 13.1 Å². The van der Waals surface area contributed by atoms with Crippen molar-refractivity contribution in [3.63, 3.8) is 0 Å². The molecule has 180 valence electrons. The fraction of sp³-hybridized carbons (Fsp3) is 0.348. The summed E-state index contributed by atoms with van der Waals surface area (Å²) in [6.07, 6.45) is 1.52. The number of H-pyrrole nitrogens is 1. The van der Waals surface area contributed by atoms with E-state index < -0.39 is 12.1 Å². The molecule has 1 saturated heterocycles. The minimum Gasteiger partial charge on any atom is -0.456 e. The SMILES string of the molecule is Cc1cn(C2CCN(Cc3cncc(Oc4cccc(OC(F)(F)F)c4)c3)CC2)c(=O)[nH]c1=O. The van der Waals surface area contributed by atoms with E-state index in [4.69, 9.17) is 4.74 Å². The number of aromatic nitrogens is 3. The van der Waals surface area contributed by atoms with E-state index in [-0.39, 0.29) is 23.1 Å². The Kier molecular flexibility index (Phi) is 6.73. The average Bonchev–Trinajstić information content (AvgIpc) is 2.76. The first kappa shape index (κ1) is 23.6. The van der Waals surface area contributed by atoms with Crippen LogP contribution < -0.4 is 20.7 Å². The monoisotopic (exact) mass is 476 g/mol. The van der Waals surface area contributed by atoms with Gasteiger partial charge in [0.05, 0.1) is 6.20 Å². The first-order valence-corrected chi connectivity index (χ1v) is 10.7. The van der Waals surface area contributed by atoms with Gasteiger partial charge in [-0.05, 0) is 43.5 Å². The average molecular weight is 476 g/mol. The van der Waals surface area contributed by atoms with Gasteiger partial charge in [0.15, 0.2) is 0 Å². The highest BCUT2D eigenvalue weighted by Gasteiger charge is 2.31. The predicted octanol–water partition coefficient (Wildman–Crippen LogP) is 3.77. The second-order valence-electron chi connectivity index (χ2n) is 8.14. The first-order valence-electron chi connectivity index (χ1n) is 10.7. The molecule has 0 saturated carbocycles. The lowest BCUT2D eigenvalue weighted by molar-refractivity contribution is -0.274. The maximum absolute atomic E-state index is 12.4. The Labute approximate surface area is 192 Å². The van der Waals surface area contributed by atoms with E-state index >= 15 is 0 Å². The summed E-state index contributed by atoms with van der Waals surface area (Å²) < 4.78 is 48.5. The van der Waals surface area contributed by atoms with E-state index in [1.54, 1.807) is 30.0 Å². The molecular weight excluding hydrogens is 453 g/mol. The van der Waals surface area contributed by atoms with Gasteiger partial charge in [-0.3, -0.25) is 24.2 Å². The topological polar surface area (TPSA) is 89.4 Å². The van der Waals surface area contributed by atoms with Crippen LogP contribution in [0.15, 0.2) is 58.5 Å². The van der Waals surface area contributed by atoms with Crippen molar-refractivity contribution in [1.82, 2.24) is 19.4 Å². The van der Waals surface area contributed by atoms with Crippen LogP contribution in [-0.4, -0.2) is 38.9 Å². The van der Waals surface area contributed by atoms with Crippen molar-refractivity contribution >= 4 is 0 Å². The Balaban J connectivity index is 1.37. The zero-order valence-electron chi connectivity index (χ0n) is 18.3. The molecule has 1 aromatic carbocycles. The molecule has 1 N–H and O–H groups in total. The van der Waals surface area contributed by atoms with Crippen LogP contribution in [0, 0.1) is 6.92 Å². The lowest BCUT2D eigenvalue weighted by Crippen LogP contribution is -2.39. The van der Waals surface area contributed by atoms with Crippen molar-refractivity contribution in [2.24, 2.45) is 0 Å². The number of benzene rings is 1. The van der Waals surface area contributed by atoms with Crippen molar-refractivity contribution in [2.45, 2.75) is 38.7 Å². The highest BCUT2D eigenvalue weighted by atomic mass is 19.4. The highest BCUT2D eigenvalue weighted by Crippen LogP contribution is 2.29. The van der Waals surface area contributed by atoms with Gasteiger partial charge < -0.3 is 9.47 Å².